The van der Waals surface area contributed by atoms with E-state index in [2.05, 4.69) is 39.8 Å². The number of benzene rings is 1. The van der Waals surface area contributed by atoms with E-state index in [0.717, 1.165) is 11.1 Å². The molecule has 2 N–H and O–H groups in total. The third kappa shape index (κ3) is 2.63. The van der Waals surface area contributed by atoms with Crippen molar-refractivity contribution < 1.29 is 9.59 Å². The number of carbonyl (C=O) groups is 2. The summed E-state index contributed by atoms with van der Waals surface area (Å²) in [5.74, 6) is 0.448. The van der Waals surface area contributed by atoms with Crippen LogP contribution in [-0.2, 0) is 9.59 Å². The molecule has 3 aliphatic rings. The minimum atomic E-state index is -0.644. The monoisotopic (exact) mass is 427 g/mol. The zero-order chi connectivity index (χ0) is 21.4. The average molecular weight is 428 g/mol. The number of hydrogen-bond acceptors (Lipinski definition) is 7. The summed E-state index contributed by atoms with van der Waals surface area (Å²) in [6.07, 6.45) is 0. The highest BCUT2D eigenvalue weighted by molar-refractivity contribution is 8.01. The lowest BCUT2D eigenvalue weighted by Gasteiger charge is -2.50. The Bertz CT molecular complexity index is 1020. The van der Waals surface area contributed by atoms with Gasteiger partial charge in [0.05, 0.1) is 5.66 Å². The van der Waals surface area contributed by atoms with Crippen molar-refractivity contribution in [3.63, 3.8) is 0 Å². The number of tetrazole rings is 1. The molecule has 1 aromatic carbocycles. The molecule has 1 aromatic heterocycles. The first-order chi connectivity index (χ1) is 14.1. The Kier molecular flexibility index (Phi) is 4.08. The molecule has 158 valence electrons. The maximum Gasteiger partial charge on any atom is 0.250 e. The predicted molar refractivity (Wildman–Crippen MR) is 111 cm³/mol. The second-order valence-electron chi connectivity index (χ2n) is 9.25. The first-order valence-corrected chi connectivity index (χ1v) is 10.9. The van der Waals surface area contributed by atoms with Crippen molar-refractivity contribution in [2.45, 2.75) is 68.5 Å². The molecule has 4 heterocycles. The molecule has 4 atom stereocenters. The number of fused-ring (bicyclic) bond motifs is 1. The zero-order valence-electron chi connectivity index (χ0n) is 17.6. The number of carbonyl (C=O) groups excluding carboxylic acids is 2. The number of nitrogens with one attached hydrogen (secondary N) is 2. The van der Waals surface area contributed by atoms with Crippen molar-refractivity contribution in [3.8, 4) is 0 Å². The predicted octanol–water partition coefficient (Wildman–Crippen LogP) is 1.52. The van der Waals surface area contributed by atoms with E-state index in [-0.39, 0.29) is 28.0 Å². The Labute approximate surface area is 179 Å². The van der Waals surface area contributed by atoms with Gasteiger partial charge in [-0.25, -0.2) is 5.10 Å². The molecule has 2 aromatic rings. The number of aryl methyl sites for hydroxylation is 1. The largest absolute Gasteiger partial charge is 0.314 e. The number of β-lactam (4-membered cyclic amide) rings is 1. The summed E-state index contributed by atoms with van der Waals surface area (Å²) >= 11 is 1.69. The van der Waals surface area contributed by atoms with Gasteiger partial charge in [0.15, 0.2) is 5.82 Å². The van der Waals surface area contributed by atoms with Crippen molar-refractivity contribution in [1.82, 2.24) is 35.7 Å². The maximum atomic E-state index is 13.5. The van der Waals surface area contributed by atoms with Crippen molar-refractivity contribution in [3.05, 3.63) is 41.2 Å². The lowest BCUT2D eigenvalue weighted by atomic mass is 9.93. The van der Waals surface area contributed by atoms with Gasteiger partial charge in [-0.2, -0.15) is 0 Å². The van der Waals surface area contributed by atoms with E-state index in [1.54, 1.807) is 16.7 Å². The standard InChI is InChI=1S/C20H25N7O2S/c1-10-7-6-8-11(9-10)12-16(28)27(20(4,5)21-12)13-17(29)26-14(15-22-24-25-23-15)19(2,3)30-18(13)26/h6-9,12-14,18,21H,1-5H3,(H,22,23,24,25)/t12?,13?,14?,18-/m1/s1. The lowest BCUT2D eigenvalue weighted by molar-refractivity contribution is -0.165. The van der Waals surface area contributed by atoms with Crippen LogP contribution >= 0.6 is 11.8 Å². The van der Waals surface area contributed by atoms with Gasteiger partial charge in [-0.3, -0.25) is 14.9 Å². The number of aromatic amines is 1. The summed E-state index contributed by atoms with van der Waals surface area (Å²) in [5.41, 5.74) is 1.37. The van der Waals surface area contributed by atoms with Gasteiger partial charge in [-0.1, -0.05) is 29.8 Å². The third-order valence-electron chi connectivity index (χ3n) is 6.27. The van der Waals surface area contributed by atoms with Crippen LogP contribution in [0.1, 0.15) is 56.7 Å². The van der Waals surface area contributed by atoms with Crippen LogP contribution in [0.4, 0.5) is 0 Å². The molecule has 3 unspecified atom stereocenters. The van der Waals surface area contributed by atoms with Gasteiger partial charge in [-0.15, -0.1) is 16.9 Å². The Morgan fingerprint density at radius 3 is 2.57 bits per heavy atom. The summed E-state index contributed by atoms with van der Waals surface area (Å²) < 4.78 is -0.285. The van der Waals surface area contributed by atoms with Gasteiger partial charge in [-0.05, 0) is 50.6 Å². The lowest BCUT2D eigenvalue weighted by Crippen LogP contribution is -2.71. The van der Waals surface area contributed by atoms with E-state index in [1.165, 1.54) is 0 Å². The fourth-order valence-corrected chi connectivity index (χ4v) is 6.70. The van der Waals surface area contributed by atoms with Crippen LogP contribution in [-0.4, -0.2) is 64.1 Å². The van der Waals surface area contributed by atoms with Gasteiger partial charge in [0.25, 0.3) is 0 Å². The Morgan fingerprint density at radius 1 is 1.13 bits per heavy atom. The van der Waals surface area contributed by atoms with E-state index >= 15 is 0 Å². The van der Waals surface area contributed by atoms with Crippen LogP contribution < -0.4 is 5.32 Å². The van der Waals surface area contributed by atoms with Crippen molar-refractivity contribution in [1.29, 1.82) is 0 Å². The highest BCUT2D eigenvalue weighted by Gasteiger charge is 2.67. The number of rotatable bonds is 3. The molecule has 5 rings (SSSR count). The normalized spacial score (nSPS) is 31.8. The first-order valence-electron chi connectivity index (χ1n) is 10.0. The number of amides is 2. The maximum absolute atomic E-state index is 13.5. The van der Waals surface area contributed by atoms with Gasteiger partial charge in [0, 0.05) is 4.75 Å². The Morgan fingerprint density at radius 2 is 1.90 bits per heavy atom. The van der Waals surface area contributed by atoms with Gasteiger partial charge in [0.2, 0.25) is 11.8 Å². The SMILES string of the molecule is Cc1cccc(C2NC(C)(C)N(C3C(=O)N4C(c5nnn[nH]5)C(C)(C)S[C@H]34)C2=O)c1. The summed E-state index contributed by atoms with van der Waals surface area (Å²) in [5, 5.41) is 17.5. The number of nitrogens with zero attached hydrogens (tertiary/aromatic N) is 5. The number of H-pyrrole nitrogens is 1. The first kappa shape index (κ1) is 19.5. The van der Waals surface area contributed by atoms with Crippen LogP contribution in [0.2, 0.25) is 0 Å². The Hall–Kier alpha value is -2.46. The molecule has 30 heavy (non-hydrogen) atoms. The Balaban J connectivity index is 1.46. The van der Waals surface area contributed by atoms with E-state index in [4.69, 9.17) is 0 Å². The molecular formula is C20H25N7O2S. The molecular weight excluding hydrogens is 402 g/mol. The summed E-state index contributed by atoms with van der Waals surface area (Å²) in [4.78, 5) is 30.4. The average Bonchev–Trinajstić information content (AvgIpc) is 3.33. The molecule has 0 saturated carbocycles. The molecule has 10 heteroatoms. The highest BCUT2D eigenvalue weighted by atomic mass is 32.2. The second kappa shape index (κ2) is 6.27. The molecule has 3 aliphatic heterocycles. The van der Waals surface area contributed by atoms with E-state index in [9.17, 15) is 9.59 Å². The van der Waals surface area contributed by atoms with E-state index in [0.29, 0.717) is 5.82 Å². The molecule has 3 fully saturated rings. The molecule has 2 amide bonds. The molecule has 0 radical (unpaired) electrons. The van der Waals surface area contributed by atoms with Crippen LogP contribution in [0.3, 0.4) is 0 Å². The number of aromatic nitrogens is 4. The van der Waals surface area contributed by atoms with Crippen LogP contribution in [0.15, 0.2) is 24.3 Å². The third-order valence-corrected chi connectivity index (χ3v) is 7.83. The minimum Gasteiger partial charge on any atom is -0.314 e. The fraction of sp³-hybridized carbons (Fsp3) is 0.550. The van der Waals surface area contributed by atoms with Crippen LogP contribution in [0, 0.1) is 6.92 Å². The van der Waals surface area contributed by atoms with E-state index in [1.807, 2.05) is 49.9 Å². The smallest absolute Gasteiger partial charge is 0.250 e. The van der Waals surface area contributed by atoms with Gasteiger partial charge in [0.1, 0.15) is 23.5 Å². The van der Waals surface area contributed by atoms with Crippen LogP contribution in [0.5, 0.6) is 0 Å². The second-order valence-corrected chi connectivity index (χ2v) is 11.0. The summed E-state index contributed by atoms with van der Waals surface area (Å²) in [7, 11) is 0. The number of thioether (sulfide) groups is 1. The fourth-order valence-electron chi connectivity index (χ4n) is 5.02. The molecule has 0 aliphatic carbocycles. The topological polar surface area (TPSA) is 107 Å². The van der Waals surface area contributed by atoms with Crippen molar-refractivity contribution in [2.75, 3.05) is 0 Å². The van der Waals surface area contributed by atoms with E-state index < -0.39 is 17.7 Å². The number of hydrogen-bond donors (Lipinski definition) is 2. The minimum absolute atomic E-state index is 0.0624. The molecule has 0 bridgehead atoms. The van der Waals surface area contributed by atoms with Crippen molar-refractivity contribution >= 4 is 23.6 Å². The summed E-state index contributed by atoms with van der Waals surface area (Å²) in [6.45, 7) is 10.1. The van der Waals surface area contributed by atoms with Crippen LogP contribution in [0.25, 0.3) is 0 Å². The van der Waals surface area contributed by atoms with Gasteiger partial charge >= 0.3 is 0 Å². The van der Waals surface area contributed by atoms with Crippen molar-refractivity contribution in [2.24, 2.45) is 0 Å². The molecule has 9 nitrogen and oxygen atoms in total. The molecule has 0 spiro atoms. The molecule has 3 saturated heterocycles. The van der Waals surface area contributed by atoms with Gasteiger partial charge < -0.3 is 9.80 Å². The quantitative estimate of drug-likeness (QED) is 0.715. The highest BCUT2D eigenvalue weighted by Crippen LogP contribution is 2.58. The zero-order valence-corrected chi connectivity index (χ0v) is 18.4. The summed E-state index contributed by atoms with van der Waals surface area (Å²) in [6, 6.07) is 6.70.